The van der Waals surface area contributed by atoms with Crippen LogP contribution in [0.5, 0.6) is 0 Å². The Morgan fingerprint density at radius 2 is 1.96 bits per heavy atom. The lowest BCUT2D eigenvalue weighted by atomic mass is 9.95. The fourth-order valence-corrected chi connectivity index (χ4v) is 3.15. The summed E-state index contributed by atoms with van der Waals surface area (Å²) in [5.41, 5.74) is -2.59. The third kappa shape index (κ3) is 3.18. The fourth-order valence-electron chi connectivity index (χ4n) is 3.15. The van der Waals surface area contributed by atoms with Crippen molar-refractivity contribution in [3.05, 3.63) is 47.3 Å². The van der Waals surface area contributed by atoms with Gasteiger partial charge in [0.05, 0.1) is 11.9 Å². The summed E-state index contributed by atoms with van der Waals surface area (Å²) >= 11 is 0. The number of amides is 1. The summed E-state index contributed by atoms with van der Waals surface area (Å²) in [5.74, 6) is -3.55. The fraction of sp³-hybridized carbons (Fsp3) is 0.412. The highest BCUT2D eigenvalue weighted by molar-refractivity contribution is 5.85. The van der Waals surface area contributed by atoms with Crippen molar-refractivity contribution < 1.29 is 31.9 Å². The molecule has 1 aromatic carbocycles. The molecule has 1 amide bonds. The number of carbonyl (C=O) groups is 1. The quantitative estimate of drug-likeness (QED) is 0.804. The maximum Gasteiger partial charge on any atom is 0.426 e. The van der Waals surface area contributed by atoms with Gasteiger partial charge in [0.15, 0.2) is 5.82 Å². The molecule has 1 N–H and O–H groups in total. The molecular formula is C17H16F5N3O2. The van der Waals surface area contributed by atoms with Crippen molar-refractivity contribution in [3.8, 4) is 5.69 Å². The third-order valence-corrected chi connectivity index (χ3v) is 4.60. The zero-order chi connectivity index (χ0) is 20.1. The Labute approximate surface area is 151 Å². The molecule has 2 atom stereocenters. The number of nitrogens with zero attached hydrogens (tertiary/aromatic N) is 3. The van der Waals surface area contributed by atoms with Gasteiger partial charge in [-0.2, -0.15) is 18.3 Å². The van der Waals surface area contributed by atoms with Gasteiger partial charge in [0.25, 0.3) is 5.91 Å². The van der Waals surface area contributed by atoms with Gasteiger partial charge in [-0.05, 0) is 19.1 Å². The Kier molecular flexibility index (Phi) is 4.49. The van der Waals surface area contributed by atoms with Gasteiger partial charge in [0.1, 0.15) is 11.5 Å². The van der Waals surface area contributed by atoms with Gasteiger partial charge < -0.3 is 10.0 Å². The third-order valence-electron chi connectivity index (χ3n) is 4.60. The van der Waals surface area contributed by atoms with Gasteiger partial charge in [-0.25, -0.2) is 13.5 Å². The number of carbonyl (C=O) groups excluding carboxylic acids is 1. The molecule has 1 aliphatic heterocycles. The number of halogens is 5. The number of hydrogen-bond donors (Lipinski definition) is 1. The van der Waals surface area contributed by atoms with Crippen molar-refractivity contribution in [2.75, 3.05) is 6.54 Å². The maximum atomic E-state index is 14.1. The molecule has 146 valence electrons. The molecule has 0 fully saturated rings. The summed E-state index contributed by atoms with van der Waals surface area (Å²) in [7, 11) is 0. The molecule has 1 unspecified atom stereocenters. The van der Waals surface area contributed by atoms with Gasteiger partial charge in [-0.1, -0.05) is 6.92 Å². The van der Waals surface area contributed by atoms with E-state index in [0.717, 1.165) is 11.0 Å². The van der Waals surface area contributed by atoms with E-state index < -0.39 is 35.2 Å². The van der Waals surface area contributed by atoms with Crippen LogP contribution in [0, 0.1) is 11.6 Å². The predicted octanol–water partition coefficient (Wildman–Crippen LogP) is 2.91. The van der Waals surface area contributed by atoms with Crippen LogP contribution in [0.4, 0.5) is 22.0 Å². The van der Waals surface area contributed by atoms with Gasteiger partial charge in [-0.15, -0.1) is 0 Å². The number of fused-ring (bicyclic) bond motifs is 1. The monoisotopic (exact) mass is 389 g/mol. The normalized spacial score (nSPS) is 19.6. The van der Waals surface area contributed by atoms with E-state index in [1.807, 2.05) is 0 Å². The van der Waals surface area contributed by atoms with Crippen molar-refractivity contribution in [2.45, 2.75) is 38.1 Å². The van der Waals surface area contributed by atoms with Crippen LogP contribution in [-0.2, 0) is 11.3 Å². The maximum absolute atomic E-state index is 14.1. The van der Waals surface area contributed by atoms with Crippen molar-refractivity contribution >= 4 is 5.91 Å². The van der Waals surface area contributed by atoms with E-state index >= 15 is 0 Å². The molecule has 1 aromatic heterocycles. The minimum Gasteiger partial charge on any atom is -0.373 e. The zero-order valence-corrected chi connectivity index (χ0v) is 14.4. The van der Waals surface area contributed by atoms with Crippen molar-refractivity contribution in [1.29, 1.82) is 0 Å². The van der Waals surface area contributed by atoms with Crippen LogP contribution < -0.4 is 0 Å². The number of benzene rings is 1. The van der Waals surface area contributed by atoms with Crippen LogP contribution in [0.15, 0.2) is 24.4 Å². The molecule has 0 saturated carbocycles. The molecule has 2 heterocycles. The minimum absolute atomic E-state index is 0.00781. The topological polar surface area (TPSA) is 58.4 Å². The van der Waals surface area contributed by atoms with Crippen molar-refractivity contribution in [2.24, 2.45) is 0 Å². The Bertz CT molecular complexity index is 891. The molecule has 27 heavy (non-hydrogen) atoms. The number of aliphatic hydroxyl groups is 1. The highest BCUT2D eigenvalue weighted by Crippen LogP contribution is 2.36. The smallest absolute Gasteiger partial charge is 0.373 e. The van der Waals surface area contributed by atoms with Crippen molar-refractivity contribution in [3.63, 3.8) is 0 Å². The first-order chi connectivity index (χ1) is 12.4. The molecule has 1 aliphatic rings. The molecule has 0 bridgehead atoms. The largest absolute Gasteiger partial charge is 0.426 e. The van der Waals surface area contributed by atoms with E-state index in [2.05, 4.69) is 5.10 Å². The molecule has 0 saturated heterocycles. The first-order valence-electron chi connectivity index (χ1n) is 8.04. The lowest BCUT2D eigenvalue weighted by molar-refractivity contribution is -0.250. The highest BCUT2D eigenvalue weighted by atomic mass is 19.4. The molecule has 2 aromatic rings. The summed E-state index contributed by atoms with van der Waals surface area (Å²) in [6.07, 6.45) is -3.80. The number of hydrogen-bond acceptors (Lipinski definition) is 3. The SMILES string of the molecule is C[C@@H]1CN(C(=O)C(C)(O)C(F)(F)F)Cc2cnn(-c3ccc(F)cc3F)c21. The van der Waals surface area contributed by atoms with Gasteiger partial charge in [0, 0.05) is 30.6 Å². The van der Waals surface area contributed by atoms with Crippen LogP contribution in [0.2, 0.25) is 0 Å². The van der Waals surface area contributed by atoms with Crippen LogP contribution in [-0.4, -0.2) is 44.0 Å². The summed E-state index contributed by atoms with van der Waals surface area (Å²) < 4.78 is 67.3. The molecular weight excluding hydrogens is 373 g/mol. The summed E-state index contributed by atoms with van der Waals surface area (Å²) in [6, 6.07) is 2.97. The number of aromatic nitrogens is 2. The van der Waals surface area contributed by atoms with Crippen LogP contribution in [0.1, 0.15) is 31.0 Å². The molecule has 5 nitrogen and oxygen atoms in total. The predicted molar refractivity (Wildman–Crippen MR) is 84.0 cm³/mol. The first kappa shape index (κ1) is 19.3. The van der Waals surface area contributed by atoms with Gasteiger partial charge in [0.2, 0.25) is 5.60 Å². The average Bonchev–Trinajstić information content (AvgIpc) is 2.97. The number of rotatable bonds is 2. The van der Waals surface area contributed by atoms with Gasteiger partial charge >= 0.3 is 6.18 Å². The van der Waals surface area contributed by atoms with E-state index in [9.17, 15) is 31.9 Å². The lowest BCUT2D eigenvalue weighted by Gasteiger charge is -2.36. The molecule has 0 spiro atoms. The van der Waals surface area contributed by atoms with Crippen molar-refractivity contribution in [1.82, 2.24) is 14.7 Å². The Hall–Kier alpha value is -2.49. The second-order valence-corrected chi connectivity index (χ2v) is 6.72. The Balaban J connectivity index is 1.95. The number of alkyl halides is 3. The highest BCUT2D eigenvalue weighted by Gasteiger charge is 2.57. The van der Waals surface area contributed by atoms with E-state index in [0.29, 0.717) is 24.2 Å². The lowest BCUT2D eigenvalue weighted by Crippen LogP contribution is -2.57. The Morgan fingerprint density at radius 3 is 2.56 bits per heavy atom. The second-order valence-electron chi connectivity index (χ2n) is 6.72. The molecule has 0 radical (unpaired) electrons. The van der Waals surface area contributed by atoms with E-state index in [4.69, 9.17) is 0 Å². The summed E-state index contributed by atoms with van der Waals surface area (Å²) in [5, 5.41) is 13.7. The minimum atomic E-state index is -5.12. The van der Waals surface area contributed by atoms with E-state index in [1.165, 1.54) is 16.9 Å². The van der Waals surface area contributed by atoms with Crippen LogP contribution >= 0.6 is 0 Å². The van der Waals surface area contributed by atoms with E-state index in [1.54, 1.807) is 6.92 Å². The zero-order valence-electron chi connectivity index (χ0n) is 14.4. The standard InChI is InChI=1S/C17H16F5N3O2/c1-9-7-24(15(26)16(2,27)17(20,21)22)8-10-6-23-25(14(9)10)13-4-3-11(18)5-12(13)19/h3-6,9,27H,7-8H2,1-2H3/t9-,16?/m1/s1. The summed E-state index contributed by atoms with van der Waals surface area (Å²) in [6.45, 7) is 1.72. The second kappa shape index (κ2) is 6.29. The van der Waals surface area contributed by atoms with E-state index in [-0.39, 0.29) is 18.8 Å². The van der Waals surface area contributed by atoms with Crippen LogP contribution in [0.3, 0.4) is 0 Å². The summed E-state index contributed by atoms with van der Waals surface area (Å²) in [4.78, 5) is 13.1. The van der Waals surface area contributed by atoms with Crippen LogP contribution in [0.25, 0.3) is 5.69 Å². The molecule has 3 rings (SSSR count). The molecule has 10 heteroatoms. The Morgan fingerprint density at radius 1 is 1.30 bits per heavy atom. The average molecular weight is 389 g/mol. The molecule has 0 aliphatic carbocycles. The van der Waals surface area contributed by atoms with Gasteiger partial charge in [-0.3, -0.25) is 4.79 Å². The first-order valence-corrected chi connectivity index (χ1v) is 8.04.